The Morgan fingerprint density at radius 1 is 1.53 bits per heavy atom. The van der Waals surface area contributed by atoms with E-state index >= 15 is 0 Å². The Bertz CT molecular complexity index is 347. The molecule has 2 rings (SSSR count). The topological polar surface area (TPSA) is 24.9 Å². The van der Waals surface area contributed by atoms with Crippen LogP contribution in [0.15, 0.2) is 12.3 Å². The molecule has 1 fully saturated rings. The van der Waals surface area contributed by atoms with Gasteiger partial charge in [0, 0.05) is 12.7 Å². The molecule has 0 radical (unpaired) electrons. The van der Waals surface area contributed by atoms with Gasteiger partial charge in [-0.05, 0) is 43.7 Å². The molecule has 0 bridgehead atoms. The summed E-state index contributed by atoms with van der Waals surface area (Å²) in [4.78, 5) is 4.36. The van der Waals surface area contributed by atoms with Crippen LogP contribution in [0.3, 0.4) is 0 Å². The standard InChI is InChI=1S/C12H17ClN2/c1-8-5-9(2)12(14-6-8)15-7-11(13)10-3-4-10/h5-6,10-11H,3-4,7H2,1-2H3,(H,14,15). The van der Waals surface area contributed by atoms with Crippen molar-refractivity contribution >= 4 is 17.4 Å². The predicted octanol–water partition coefficient (Wildman–Crippen LogP) is 3.13. The highest BCUT2D eigenvalue weighted by molar-refractivity contribution is 6.21. The van der Waals surface area contributed by atoms with Gasteiger partial charge in [-0.2, -0.15) is 0 Å². The zero-order valence-electron chi connectivity index (χ0n) is 9.26. The van der Waals surface area contributed by atoms with Gasteiger partial charge in [-0.25, -0.2) is 4.98 Å². The lowest BCUT2D eigenvalue weighted by Crippen LogP contribution is -2.17. The quantitative estimate of drug-likeness (QED) is 0.795. The first-order valence-corrected chi connectivity index (χ1v) is 5.91. The lowest BCUT2D eigenvalue weighted by Gasteiger charge is -2.12. The van der Waals surface area contributed by atoms with Crippen molar-refractivity contribution in [3.63, 3.8) is 0 Å². The van der Waals surface area contributed by atoms with Gasteiger partial charge >= 0.3 is 0 Å². The molecule has 3 heteroatoms. The minimum absolute atomic E-state index is 0.257. The maximum atomic E-state index is 6.22. The SMILES string of the molecule is Cc1cnc(NCC(Cl)C2CC2)c(C)c1. The highest BCUT2D eigenvalue weighted by atomic mass is 35.5. The number of hydrogen-bond acceptors (Lipinski definition) is 2. The van der Waals surface area contributed by atoms with E-state index in [1.54, 1.807) is 0 Å². The van der Waals surface area contributed by atoms with Crippen molar-refractivity contribution in [1.82, 2.24) is 4.98 Å². The van der Waals surface area contributed by atoms with Crippen molar-refractivity contribution < 1.29 is 0 Å². The Balaban J connectivity index is 1.92. The van der Waals surface area contributed by atoms with Crippen LogP contribution in [0.25, 0.3) is 0 Å². The summed E-state index contributed by atoms with van der Waals surface area (Å²) < 4.78 is 0. The number of anilines is 1. The first-order valence-electron chi connectivity index (χ1n) is 5.48. The van der Waals surface area contributed by atoms with Crippen molar-refractivity contribution in [1.29, 1.82) is 0 Å². The lowest BCUT2D eigenvalue weighted by atomic mass is 10.2. The van der Waals surface area contributed by atoms with Crippen LogP contribution in [0.5, 0.6) is 0 Å². The van der Waals surface area contributed by atoms with Gasteiger partial charge < -0.3 is 5.32 Å². The molecule has 0 aromatic carbocycles. The molecule has 1 unspecified atom stereocenters. The largest absolute Gasteiger partial charge is 0.368 e. The van der Waals surface area contributed by atoms with Crippen LogP contribution < -0.4 is 5.32 Å². The van der Waals surface area contributed by atoms with Crippen LogP contribution in [-0.4, -0.2) is 16.9 Å². The van der Waals surface area contributed by atoms with Crippen LogP contribution in [0.4, 0.5) is 5.82 Å². The molecule has 1 aromatic heterocycles. The summed E-state index contributed by atoms with van der Waals surface area (Å²) in [5, 5.41) is 3.58. The summed E-state index contributed by atoms with van der Waals surface area (Å²) in [6.45, 7) is 4.95. The van der Waals surface area contributed by atoms with Crippen molar-refractivity contribution in [2.45, 2.75) is 32.1 Å². The third kappa shape index (κ3) is 2.85. The second kappa shape index (κ2) is 4.40. The number of nitrogens with zero attached hydrogens (tertiary/aromatic N) is 1. The van der Waals surface area contributed by atoms with E-state index in [9.17, 15) is 0 Å². The molecule has 82 valence electrons. The number of pyridine rings is 1. The fourth-order valence-corrected chi connectivity index (χ4v) is 2.05. The molecule has 1 aliphatic carbocycles. The smallest absolute Gasteiger partial charge is 0.128 e. The molecular weight excluding hydrogens is 208 g/mol. The van der Waals surface area contributed by atoms with E-state index in [1.165, 1.54) is 24.0 Å². The van der Waals surface area contributed by atoms with Gasteiger partial charge in [-0.3, -0.25) is 0 Å². The van der Waals surface area contributed by atoms with Crippen LogP contribution in [-0.2, 0) is 0 Å². The van der Waals surface area contributed by atoms with E-state index in [0.29, 0.717) is 0 Å². The molecule has 2 nitrogen and oxygen atoms in total. The summed E-state index contributed by atoms with van der Waals surface area (Å²) >= 11 is 6.22. The predicted molar refractivity (Wildman–Crippen MR) is 64.6 cm³/mol. The Hall–Kier alpha value is -0.760. The lowest BCUT2D eigenvalue weighted by molar-refractivity contribution is 0.768. The van der Waals surface area contributed by atoms with E-state index < -0.39 is 0 Å². The van der Waals surface area contributed by atoms with Crippen LogP contribution in [0, 0.1) is 19.8 Å². The van der Waals surface area contributed by atoms with E-state index in [0.717, 1.165) is 18.3 Å². The third-order valence-corrected chi connectivity index (χ3v) is 3.32. The summed E-state index contributed by atoms with van der Waals surface area (Å²) in [7, 11) is 0. The Morgan fingerprint density at radius 2 is 2.27 bits per heavy atom. The number of alkyl halides is 1. The number of aromatic nitrogens is 1. The minimum Gasteiger partial charge on any atom is -0.368 e. The fraction of sp³-hybridized carbons (Fsp3) is 0.583. The summed E-state index contributed by atoms with van der Waals surface area (Å²) in [6, 6.07) is 2.13. The number of halogens is 1. The minimum atomic E-state index is 0.257. The molecule has 1 atom stereocenters. The van der Waals surface area contributed by atoms with Gasteiger partial charge in [0.1, 0.15) is 5.82 Å². The van der Waals surface area contributed by atoms with Crippen LogP contribution in [0.2, 0.25) is 0 Å². The van der Waals surface area contributed by atoms with Crippen LogP contribution in [0.1, 0.15) is 24.0 Å². The van der Waals surface area contributed by atoms with Crippen molar-refractivity contribution in [3.8, 4) is 0 Å². The molecule has 0 amide bonds. The van der Waals surface area contributed by atoms with E-state index in [1.807, 2.05) is 6.20 Å². The maximum Gasteiger partial charge on any atom is 0.128 e. The van der Waals surface area contributed by atoms with Crippen molar-refractivity contribution in [3.05, 3.63) is 23.4 Å². The number of hydrogen-bond donors (Lipinski definition) is 1. The Morgan fingerprint density at radius 3 is 2.87 bits per heavy atom. The fourth-order valence-electron chi connectivity index (χ4n) is 1.72. The molecule has 15 heavy (non-hydrogen) atoms. The number of nitrogens with one attached hydrogen (secondary N) is 1. The van der Waals surface area contributed by atoms with Gasteiger partial charge in [0.2, 0.25) is 0 Å². The van der Waals surface area contributed by atoms with Crippen molar-refractivity contribution in [2.75, 3.05) is 11.9 Å². The summed E-state index contributed by atoms with van der Waals surface area (Å²) in [5.41, 5.74) is 2.39. The molecule has 1 saturated carbocycles. The summed E-state index contributed by atoms with van der Waals surface area (Å²) in [5.74, 6) is 1.69. The average Bonchev–Trinajstić information content (AvgIpc) is 2.99. The van der Waals surface area contributed by atoms with Gasteiger partial charge in [-0.1, -0.05) is 6.07 Å². The molecule has 1 aliphatic rings. The Labute approximate surface area is 96.1 Å². The van der Waals surface area contributed by atoms with Gasteiger partial charge in [0.05, 0.1) is 5.38 Å². The normalized spacial score (nSPS) is 17.5. The zero-order valence-corrected chi connectivity index (χ0v) is 10.0. The second-order valence-electron chi connectivity index (χ2n) is 4.41. The third-order valence-electron chi connectivity index (χ3n) is 2.81. The van der Waals surface area contributed by atoms with E-state index in [-0.39, 0.29) is 5.38 Å². The Kier molecular flexibility index (Phi) is 3.15. The van der Waals surface area contributed by atoms with Gasteiger partial charge in [0.25, 0.3) is 0 Å². The first kappa shape index (κ1) is 10.7. The summed E-state index contributed by atoms with van der Waals surface area (Å²) in [6.07, 6.45) is 4.46. The van der Waals surface area contributed by atoms with Crippen molar-refractivity contribution in [2.24, 2.45) is 5.92 Å². The highest BCUT2D eigenvalue weighted by Gasteiger charge is 2.29. The monoisotopic (exact) mass is 224 g/mol. The average molecular weight is 225 g/mol. The van der Waals surface area contributed by atoms with Gasteiger partial charge in [0.15, 0.2) is 0 Å². The molecule has 0 aliphatic heterocycles. The van der Waals surface area contributed by atoms with Crippen LogP contribution >= 0.6 is 11.6 Å². The molecule has 0 spiro atoms. The highest BCUT2D eigenvalue weighted by Crippen LogP contribution is 2.35. The molecule has 1 aromatic rings. The van der Waals surface area contributed by atoms with Gasteiger partial charge in [-0.15, -0.1) is 11.6 Å². The maximum absolute atomic E-state index is 6.22. The first-order chi connectivity index (χ1) is 7.16. The number of rotatable bonds is 4. The van der Waals surface area contributed by atoms with E-state index in [2.05, 4.69) is 30.2 Å². The molecular formula is C12H17ClN2. The number of aryl methyl sites for hydroxylation is 2. The van der Waals surface area contributed by atoms with E-state index in [4.69, 9.17) is 11.6 Å². The molecule has 0 saturated heterocycles. The molecule has 1 N–H and O–H groups in total. The second-order valence-corrected chi connectivity index (χ2v) is 4.97. The zero-order chi connectivity index (χ0) is 10.8. The molecule has 1 heterocycles.